The number of amides is 2. The molecule has 0 aliphatic heterocycles. The number of hydrogen-bond donors (Lipinski definition) is 4. The van der Waals surface area contributed by atoms with Crippen LogP contribution in [0.3, 0.4) is 0 Å². The van der Waals surface area contributed by atoms with E-state index in [1.54, 1.807) is 0 Å². The topological polar surface area (TPSA) is 98.7 Å². The molecule has 4 N–H and O–H groups in total. The first-order valence-electron chi connectivity index (χ1n) is 7.45. The average Bonchev–Trinajstić information content (AvgIpc) is 2.45. The van der Waals surface area contributed by atoms with Crippen LogP contribution in [0.4, 0.5) is 4.79 Å². The molecule has 0 saturated heterocycles. The van der Waals surface area contributed by atoms with Crippen molar-refractivity contribution in [3.05, 3.63) is 0 Å². The van der Waals surface area contributed by atoms with Gasteiger partial charge in [-0.25, -0.2) is 9.59 Å². The van der Waals surface area contributed by atoms with Gasteiger partial charge in [0.2, 0.25) is 0 Å². The Hall–Kier alpha value is -1.30. The van der Waals surface area contributed by atoms with E-state index in [9.17, 15) is 9.59 Å². The number of carbonyl (C=O) groups excluding carboxylic acids is 1. The van der Waals surface area contributed by atoms with Crippen LogP contribution >= 0.6 is 0 Å². The third kappa shape index (κ3) is 6.23. The second kappa shape index (κ2) is 8.79. The van der Waals surface area contributed by atoms with Crippen LogP contribution in [0.2, 0.25) is 0 Å². The zero-order valence-corrected chi connectivity index (χ0v) is 12.1. The quantitative estimate of drug-likeness (QED) is 0.567. The summed E-state index contributed by atoms with van der Waals surface area (Å²) in [6.45, 7) is 3.05. The first-order valence-corrected chi connectivity index (χ1v) is 7.45. The van der Waals surface area contributed by atoms with Crippen LogP contribution in [0, 0.1) is 11.8 Å². The Morgan fingerprint density at radius 3 is 2.30 bits per heavy atom. The zero-order valence-electron chi connectivity index (χ0n) is 12.1. The lowest BCUT2D eigenvalue weighted by Crippen LogP contribution is -2.40. The van der Waals surface area contributed by atoms with Crippen molar-refractivity contribution >= 4 is 12.0 Å². The highest BCUT2D eigenvalue weighted by atomic mass is 16.4. The van der Waals surface area contributed by atoms with E-state index >= 15 is 0 Å². The summed E-state index contributed by atoms with van der Waals surface area (Å²) in [6, 6.07) is -0.291. The van der Waals surface area contributed by atoms with E-state index in [1.165, 1.54) is 19.3 Å². The minimum atomic E-state index is -1.42. The molecule has 1 saturated carbocycles. The number of aliphatic hydroxyl groups excluding tert-OH is 1. The van der Waals surface area contributed by atoms with Gasteiger partial charge in [-0.15, -0.1) is 0 Å². The molecule has 1 rings (SSSR count). The second-order valence-corrected chi connectivity index (χ2v) is 5.57. The highest BCUT2D eigenvalue weighted by Gasteiger charge is 2.20. The first kappa shape index (κ1) is 16.8. The fourth-order valence-electron chi connectivity index (χ4n) is 2.59. The number of urea groups is 1. The lowest BCUT2D eigenvalue weighted by molar-refractivity contribution is -0.146. The molecule has 116 valence electrons. The second-order valence-electron chi connectivity index (χ2n) is 5.57. The van der Waals surface area contributed by atoms with Gasteiger partial charge < -0.3 is 20.8 Å². The van der Waals surface area contributed by atoms with Gasteiger partial charge in [0.05, 0.1) is 0 Å². The highest BCUT2D eigenvalue weighted by molar-refractivity contribution is 5.74. The lowest BCUT2D eigenvalue weighted by Gasteiger charge is -2.27. The maximum Gasteiger partial charge on any atom is 0.332 e. The molecule has 0 heterocycles. The molecule has 0 aromatic heterocycles. The van der Waals surface area contributed by atoms with Gasteiger partial charge in [-0.1, -0.05) is 26.2 Å². The molecule has 0 aromatic rings. The van der Waals surface area contributed by atoms with E-state index < -0.39 is 12.1 Å². The Morgan fingerprint density at radius 1 is 1.15 bits per heavy atom. The summed E-state index contributed by atoms with van der Waals surface area (Å²) >= 11 is 0. The van der Waals surface area contributed by atoms with Gasteiger partial charge in [0.25, 0.3) is 0 Å². The first-order chi connectivity index (χ1) is 9.52. The fourth-order valence-corrected chi connectivity index (χ4v) is 2.59. The molecule has 20 heavy (non-hydrogen) atoms. The van der Waals surface area contributed by atoms with Crippen LogP contribution in [0.25, 0.3) is 0 Å². The number of aliphatic hydroxyl groups is 1. The molecule has 0 aromatic carbocycles. The molecular weight excluding hydrogens is 260 g/mol. The number of rotatable bonds is 7. The van der Waals surface area contributed by atoms with Crippen molar-refractivity contribution in [2.75, 3.05) is 13.1 Å². The summed E-state index contributed by atoms with van der Waals surface area (Å²) < 4.78 is 0. The molecule has 2 amide bonds. The van der Waals surface area contributed by atoms with Crippen molar-refractivity contribution in [2.45, 2.75) is 51.6 Å². The maximum atomic E-state index is 11.5. The van der Waals surface area contributed by atoms with E-state index in [0.717, 1.165) is 18.8 Å². The van der Waals surface area contributed by atoms with Crippen LogP contribution in [0.1, 0.15) is 45.4 Å². The molecular formula is C14H26N2O4. The number of hydrogen-bond acceptors (Lipinski definition) is 3. The summed E-state index contributed by atoms with van der Waals surface area (Å²) in [6.07, 6.45) is 4.66. The van der Waals surface area contributed by atoms with Crippen molar-refractivity contribution in [2.24, 2.45) is 11.8 Å². The standard InChI is InChI=1S/C14H26N2O4/c1-2-10-3-5-11(6-4-10)9-16-14(20)15-8-7-12(17)13(18)19/h10-12,17H,2-9H2,1H3,(H,18,19)(H2,15,16,20). The maximum absolute atomic E-state index is 11.5. The molecule has 1 atom stereocenters. The Balaban J connectivity index is 2.07. The summed E-state index contributed by atoms with van der Waals surface area (Å²) in [5.41, 5.74) is 0. The fraction of sp³-hybridized carbons (Fsp3) is 0.857. The van der Waals surface area contributed by atoms with E-state index in [4.69, 9.17) is 10.2 Å². The van der Waals surface area contributed by atoms with Gasteiger partial charge in [0.15, 0.2) is 6.10 Å². The van der Waals surface area contributed by atoms with Crippen LogP contribution in [0.15, 0.2) is 0 Å². The predicted octanol–water partition coefficient (Wildman–Crippen LogP) is 1.34. The monoisotopic (exact) mass is 286 g/mol. The molecule has 1 fully saturated rings. The SMILES string of the molecule is CCC1CCC(CNC(=O)NCCC(O)C(=O)O)CC1. The van der Waals surface area contributed by atoms with Crippen molar-refractivity contribution in [3.63, 3.8) is 0 Å². The van der Waals surface area contributed by atoms with Crippen LogP contribution in [-0.2, 0) is 4.79 Å². The molecule has 1 aliphatic rings. The Kier molecular flexibility index (Phi) is 7.36. The van der Waals surface area contributed by atoms with Crippen LogP contribution < -0.4 is 10.6 Å². The van der Waals surface area contributed by atoms with Crippen molar-refractivity contribution in [1.29, 1.82) is 0 Å². The summed E-state index contributed by atoms with van der Waals surface area (Å²) in [5, 5.41) is 22.9. The molecule has 6 nitrogen and oxygen atoms in total. The van der Waals surface area contributed by atoms with Gasteiger partial charge in [0.1, 0.15) is 0 Å². The average molecular weight is 286 g/mol. The van der Waals surface area contributed by atoms with Gasteiger partial charge in [0, 0.05) is 19.5 Å². The molecule has 1 aliphatic carbocycles. The van der Waals surface area contributed by atoms with E-state index in [0.29, 0.717) is 12.5 Å². The zero-order chi connectivity index (χ0) is 15.0. The van der Waals surface area contributed by atoms with Gasteiger partial charge in [-0.05, 0) is 24.7 Å². The Labute approximate surface area is 119 Å². The van der Waals surface area contributed by atoms with Gasteiger partial charge in [-0.3, -0.25) is 0 Å². The summed E-state index contributed by atoms with van der Waals surface area (Å²) in [5.74, 6) is 0.130. The Bertz CT molecular complexity index is 314. The number of nitrogens with one attached hydrogen (secondary N) is 2. The molecule has 1 unspecified atom stereocenters. The van der Waals surface area contributed by atoms with Crippen molar-refractivity contribution in [1.82, 2.24) is 10.6 Å². The van der Waals surface area contributed by atoms with E-state index in [2.05, 4.69) is 17.6 Å². The number of aliphatic carboxylic acids is 1. The molecule has 0 spiro atoms. The lowest BCUT2D eigenvalue weighted by atomic mass is 9.81. The number of carbonyl (C=O) groups is 2. The van der Waals surface area contributed by atoms with E-state index in [1.807, 2.05) is 0 Å². The number of carboxylic acid groups (broad SMARTS) is 1. The van der Waals surface area contributed by atoms with E-state index in [-0.39, 0.29) is 19.0 Å². The summed E-state index contributed by atoms with van der Waals surface area (Å²) in [7, 11) is 0. The normalized spacial score (nSPS) is 23.9. The van der Waals surface area contributed by atoms with Crippen LogP contribution in [-0.4, -0.2) is 41.4 Å². The Morgan fingerprint density at radius 2 is 1.75 bits per heavy atom. The highest BCUT2D eigenvalue weighted by Crippen LogP contribution is 2.29. The van der Waals surface area contributed by atoms with Crippen LogP contribution in [0.5, 0.6) is 0 Å². The summed E-state index contributed by atoms with van der Waals surface area (Å²) in [4.78, 5) is 21.9. The largest absolute Gasteiger partial charge is 0.479 e. The smallest absolute Gasteiger partial charge is 0.332 e. The predicted molar refractivity (Wildman–Crippen MR) is 75.4 cm³/mol. The third-order valence-electron chi connectivity index (χ3n) is 4.08. The number of carboxylic acids is 1. The molecule has 0 bridgehead atoms. The van der Waals surface area contributed by atoms with Crippen molar-refractivity contribution < 1.29 is 19.8 Å². The molecule has 6 heteroatoms. The minimum Gasteiger partial charge on any atom is -0.479 e. The minimum absolute atomic E-state index is 0.0182. The van der Waals surface area contributed by atoms with Gasteiger partial charge in [-0.2, -0.15) is 0 Å². The van der Waals surface area contributed by atoms with Gasteiger partial charge >= 0.3 is 12.0 Å². The third-order valence-corrected chi connectivity index (χ3v) is 4.08. The molecule has 0 radical (unpaired) electrons. The van der Waals surface area contributed by atoms with Crippen molar-refractivity contribution in [3.8, 4) is 0 Å².